The highest BCUT2D eigenvalue weighted by atomic mass is 16.3. The lowest BCUT2D eigenvalue weighted by molar-refractivity contribution is -0.124. The van der Waals surface area contributed by atoms with E-state index in [1.165, 1.54) is 0 Å². The number of amides is 1. The molecule has 1 amide bonds. The van der Waals surface area contributed by atoms with E-state index >= 15 is 0 Å². The minimum Gasteiger partial charge on any atom is -0.388 e. The van der Waals surface area contributed by atoms with E-state index in [4.69, 9.17) is 0 Å². The Bertz CT molecular complexity index is 916. The second-order valence-corrected chi connectivity index (χ2v) is 8.17. The maximum absolute atomic E-state index is 13.0. The zero-order chi connectivity index (χ0) is 21.0. The van der Waals surface area contributed by atoms with Crippen molar-refractivity contribution in [3.63, 3.8) is 0 Å². The van der Waals surface area contributed by atoms with Gasteiger partial charge < -0.3 is 10.4 Å². The average molecular weight is 401 g/mol. The van der Waals surface area contributed by atoms with Gasteiger partial charge in [0.25, 0.3) is 5.56 Å². The van der Waals surface area contributed by atoms with Crippen molar-refractivity contribution in [1.82, 2.24) is 19.8 Å². The summed E-state index contributed by atoms with van der Waals surface area (Å²) in [4.78, 5) is 31.8. The molecule has 158 valence electrons. The number of para-hydroxylation sites is 1. The van der Waals surface area contributed by atoms with Crippen molar-refractivity contribution in [2.24, 2.45) is 0 Å². The van der Waals surface area contributed by atoms with Gasteiger partial charge in [0.05, 0.1) is 29.6 Å². The number of carbonyl (C=O) groups excluding carboxylic acids is 1. The summed E-state index contributed by atoms with van der Waals surface area (Å²) in [6.45, 7) is 7.84. The van der Waals surface area contributed by atoms with Crippen LogP contribution in [0.4, 0.5) is 0 Å². The standard InChI is InChI=1S/C22H32N4O3/c1-4-16(3)23-20(27)14-25-12-10-22(29,11-13-25)15-26-19(5-2)24-18-9-7-6-8-17(18)21(26)28/h6-9,16,29H,4-5,10-15H2,1-3H3,(H,23,27). The first-order valence-corrected chi connectivity index (χ1v) is 10.6. The maximum atomic E-state index is 13.0. The van der Waals surface area contributed by atoms with Crippen molar-refractivity contribution in [2.75, 3.05) is 19.6 Å². The number of aliphatic hydroxyl groups is 1. The van der Waals surface area contributed by atoms with Crippen LogP contribution in [-0.4, -0.2) is 56.7 Å². The molecule has 1 saturated heterocycles. The van der Waals surface area contributed by atoms with E-state index in [9.17, 15) is 14.7 Å². The van der Waals surface area contributed by atoms with Crippen LogP contribution in [-0.2, 0) is 17.8 Å². The molecule has 1 aliphatic heterocycles. The van der Waals surface area contributed by atoms with E-state index in [1.54, 1.807) is 10.6 Å². The van der Waals surface area contributed by atoms with Gasteiger partial charge in [0.1, 0.15) is 5.82 Å². The monoisotopic (exact) mass is 400 g/mol. The third kappa shape index (κ3) is 5.03. The van der Waals surface area contributed by atoms with Crippen LogP contribution in [0.5, 0.6) is 0 Å². The van der Waals surface area contributed by atoms with Gasteiger partial charge in [0.15, 0.2) is 0 Å². The third-order valence-electron chi connectivity index (χ3n) is 5.88. The Labute approximate surface area is 171 Å². The summed E-state index contributed by atoms with van der Waals surface area (Å²) in [5.74, 6) is 0.713. The van der Waals surface area contributed by atoms with Crippen LogP contribution in [0.2, 0.25) is 0 Å². The third-order valence-corrected chi connectivity index (χ3v) is 5.88. The predicted octanol–water partition coefficient (Wildman–Crippen LogP) is 1.70. The molecular formula is C22H32N4O3. The Hall–Kier alpha value is -2.25. The molecule has 0 radical (unpaired) electrons. The number of aryl methyl sites for hydroxylation is 1. The molecule has 7 nitrogen and oxygen atoms in total. The zero-order valence-electron chi connectivity index (χ0n) is 17.6. The first kappa shape index (κ1) is 21.5. The molecular weight excluding hydrogens is 368 g/mol. The lowest BCUT2D eigenvalue weighted by Gasteiger charge is -2.38. The van der Waals surface area contributed by atoms with E-state index in [0.29, 0.717) is 55.6 Å². The molecule has 1 aliphatic rings. The number of likely N-dealkylation sites (tertiary alicyclic amines) is 1. The lowest BCUT2D eigenvalue weighted by Crippen LogP contribution is -2.51. The van der Waals surface area contributed by atoms with Crippen molar-refractivity contribution in [1.29, 1.82) is 0 Å². The number of piperidine rings is 1. The molecule has 2 heterocycles. The van der Waals surface area contributed by atoms with Crippen LogP contribution >= 0.6 is 0 Å². The number of carbonyl (C=O) groups is 1. The fourth-order valence-electron chi connectivity index (χ4n) is 3.85. The summed E-state index contributed by atoms with van der Waals surface area (Å²) < 4.78 is 1.63. The van der Waals surface area contributed by atoms with Crippen LogP contribution in [0.3, 0.4) is 0 Å². The van der Waals surface area contributed by atoms with E-state index in [2.05, 4.69) is 15.2 Å². The number of hydrogen-bond acceptors (Lipinski definition) is 5. The van der Waals surface area contributed by atoms with Crippen LogP contribution in [0.15, 0.2) is 29.1 Å². The van der Waals surface area contributed by atoms with Crippen LogP contribution in [0.1, 0.15) is 45.9 Å². The quantitative estimate of drug-likeness (QED) is 0.739. The average Bonchev–Trinajstić information content (AvgIpc) is 2.71. The second kappa shape index (κ2) is 9.05. The molecule has 1 aromatic heterocycles. The fourth-order valence-corrected chi connectivity index (χ4v) is 3.85. The van der Waals surface area contributed by atoms with Gasteiger partial charge in [0.2, 0.25) is 5.91 Å². The van der Waals surface area contributed by atoms with E-state index in [0.717, 1.165) is 6.42 Å². The lowest BCUT2D eigenvalue weighted by atomic mass is 9.91. The highest BCUT2D eigenvalue weighted by Gasteiger charge is 2.34. The highest BCUT2D eigenvalue weighted by molar-refractivity contribution is 5.78. The van der Waals surface area contributed by atoms with Crippen LogP contribution < -0.4 is 10.9 Å². The minimum atomic E-state index is -0.971. The summed E-state index contributed by atoms with van der Waals surface area (Å²) in [5, 5.41) is 14.7. The van der Waals surface area contributed by atoms with Crippen molar-refractivity contribution in [3.05, 3.63) is 40.4 Å². The summed E-state index contributed by atoms with van der Waals surface area (Å²) in [6.07, 6.45) is 2.57. The van der Waals surface area contributed by atoms with Crippen molar-refractivity contribution in [2.45, 2.75) is 64.6 Å². The molecule has 3 rings (SSSR count). The van der Waals surface area contributed by atoms with Crippen molar-refractivity contribution in [3.8, 4) is 0 Å². The molecule has 2 aromatic rings. The van der Waals surface area contributed by atoms with Gasteiger partial charge in [-0.1, -0.05) is 26.0 Å². The molecule has 1 aromatic carbocycles. The number of hydrogen-bond donors (Lipinski definition) is 2. The molecule has 1 unspecified atom stereocenters. The normalized spacial score (nSPS) is 17.9. The topological polar surface area (TPSA) is 87.5 Å². The molecule has 0 saturated carbocycles. The second-order valence-electron chi connectivity index (χ2n) is 8.17. The molecule has 2 N–H and O–H groups in total. The summed E-state index contributed by atoms with van der Waals surface area (Å²) in [7, 11) is 0. The van der Waals surface area contributed by atoms with Gasteiger partial charge in [-0.2, -0.15) is 0 Å². The molecule has 1 atom stereocenters. The number of benzene rings is 1. The van der Waals surface area contributed by atoms with Gasteiger partial charge in [-0.25, -0.2) is 4.98 Å². The molecule has 0 bridgehead atoms. The smallest absolute Gasteiger partial charge is 0.261 e. The van der Waals surface area contributed by atoms with Crippen LogP contribution in [0, 0.1) is 0 Å². The van der Waals surface area contributed by atoms with Crippen molar-refractivity contribution < 1.29 is 9.90 Å². The summed E-state index contributed by atoms with van der Waals surface area (Å²) >= 11 is 0. The largest absolute Gasteiger partial charge is 0.388 e. The molecule has 7 heteroatoms. The van der Waals surface area contributed by atoms with Gasteiger partial charge >= 0.3 is 0 Å². The number of rotatable bonds is 7. The Balaban J connectivity index is 1.69. The number of aromatic nitrogens is 2. The Morgan fingerprint density at radius 3 is 2.62 bits per heavy atom. The molecule has 1 fully saturated rings. The molecule has 0 aliphatic carbocycles. The first-order valence-electron chi connectivity index (χ1n) is 10.6. The maximum Gasteiger partial charge on any atom is 0.261 e. The highest BCUT2D eigenvalue weighted by Crippen LogP contribution is 2.24. The Morgan fingerprint density at radius 2 is 1.97 bits per heavy atom. The predicted molar refractivity (Wildman–Crippen MR) is 114 cm³/mol. The van der Waals surface area contributed by atoms with Gasteiger partial charge in [-0.15, -0.1) is 0 Å². The van der Waals surface area contributed by atoms with E-state index in [-0.39, 0.29) is 24.1 Å². The van der Waals surface area contributed by atoms with Gasteiger partial charge in [-0.05, 0) is 38.3 Å². The zero-order valence-corrected chi connectivity index (χ0v) is 17.6. The van der Waals surface area contributed by atoms with Crippen molar-refractivity contribution >= 4 is 16.8 Å². The van der Waals surface area contributed by atoms with Crippen LogP contribution in [0.25, 0.3) is 10.9 Å². The van der Waals surface area contributed by atoms with Gasteiger partial charge in [-0.3, -0.25) is 19.1 Å². The summed E-state index contributed by atoms with van der Waals surface area (Å²) in [6, 6.07) is 7.50. The fraction of sp³-hybridized carbons (Fsp3) is 0.591. The molecule has 29 heavy (non-hydrogen) atoms. The van der Waals surface area contributed by atoms with Gasteiger partial charge in [0, 0.05) is 25.6 Å². The molecule has 0 spiro atoms. The number of nitrogens with one attached hydrogen (secondary N) is 1. The Morgan fingerprint density at radius 1 is 1.28 bits per heavy atom. The number of fused-ring (bicyclic) bond motifs is 1. The minimum absolute atomic E-state index is 0.0213. The Kier molecular flexibility index (Phi) is 6.70. The first-order chi connectivity index (χ1) is 13.8. The SMILES string of the molecule is CCc1nc2ccccc2c(=O)n1CC1(O)CCN(CC(=O)NC(C)CC)CC1. The van der Waals surface area contributed by atoms with E-state index < -0.39 is 5.60 Å². The summed E-state index contributed by atoms with van der Waals surface area (Å²) in [5.41, 5.74) is -0.377. The van der Waals surface area contributed by atoms with E-state index in [1.807, 2.05) is 39.0 Å². The number of nitrogens with zero attached hydrogens (tertiary/aromatic N) is 3.